The Morgan fingerprint density at radius 2 is 1.71 bits per heavy atom. The van der Waals surface area contributed by atoms with Gasteiger partial charge in [-0.2, -0.15) is 0 Å². The first-order valence-corrected chi connectivity index (χ1v) is 13.4. The number of hydrogen-bond donors (Lipinski definition) is 1. The highest BCUT2D eigenvalue weighted by molar-refractivity contribution is 9.10. The third-order valence-electron chi connectivity index (χ3n) is 5.99. The van der Waals surface area contributed by atoms with Gasteiger partial charge in [-0.15, -0.1) is 10.2 Å². The number of para-hydroxylation sites is 1. The lowest BCUT2D eigenvalue weighted by molar-refractivity contribution is -0.128. The van der Waals surface area contributed by atoms with Gasteiger partial charge in [0.05, 0.1) is 17.4 Å². The number of piperazine rings is 1. The molecule has 0 aliphatic carbocycles. The van der Waals surface area contributed by atoms with Gasteiger partial charge >= 0.3 is 0 Å². The quantitative estimate of drug-likeness (QED) is 0.422. The number of halogens is 1. The van der Waals surface area contributed by atoms with Crippen molar-refractivity contribution in [3.05, 3.63) is 70.5 Å². The minimum atomic E-state index is -0.335. The van der Waals surface area contributed by atoms with E-state index in [4.69, 9.17) is 0 Å². The first kappa shape index (κ1) is 25.2. The number of carbonyl (C=O) groups is 2. The van der Waals surface area contributed by atoms with Crippen molar-refractivity contribution in [1.82, 2.24) is 25.0 Å². The van der Waals surface area contributed by atoms with Gasteiger partial charge in [-0.3, -0.25) is 9.59 Å². The Balaban J connectivity index is 1.32. The van der Waals surface area contributed by atoms with Gasteiger partial charge in [-0.05, 0) is 54.0 Å². The van der Waals surface area contributed by atoms with Crippen molar-refractivity contribution in [2.45, 2.75) is 31.6 Å². The van der Waals surface area contributed by atoms with E-state index in [0.717, 1.165) is 17.6 Å². The Kier molecular flexibility index (Phi) is 8.46. The van der Waals surface area contributed by atoms with Crippen LogP contribution in [0.1, 0.15) is 36.1 Å². The smallest absolute Gasteiger partial charge is 0.253 e. The highest BCUT2D eigenvalue weighted by atomic mass is 79.9. The molecule has 2 aromatic carbocycles. The number of anilines is 1. The largest absolute Gasteiger partial charge is 0.368 e. The molecule has 0 radical (unpaired) electrons. The maximum atomic E-state index is 12.9. The molecule has 1 N–H and O–H groups in total. The summed E-state index contributed by atoms with van der Waals surface area (Å²) < 4.78 is 2.69. The van der Waals surface area contributed by atoms with Crippen LogP contribution in [-0.4, -0.2) is 63.4 Å². The van der Waals surface area contributed by atoms with Crippen molar-refractivity contribution in [2.24, 2.45) is 0 Å². The molecule has 1 atom stereocenters. The number of nitrogens with one attached hydrogen (secondary N) is 1. The number of rotatable bonds is 8. The molecule has 3 aromatic rings. The van der Waals surface area contributed by atoms with E-state index in [9.17, 15) is 9.59 Å². The Morgan fingerprint density at radius 1 is 1.03 bits per heavy atom. The van der Waals surface area contributed by atoms with E-state index >= 15 is 0 Å². The fourth-order valence-electron chi connectivity index (χ4n) is 4.08. The van der Waals surface area contributed by atoms with Crippen molar-refractivity contribution < 1.29 is 9.59 Å². The number of nitrogens with zero attached hydrogens (tertiary/aromatic N) is 5. The third kappa shape index (κ3) is 6.05. The zero-order valence-corrected chi connectivity index (χ0v) is 22.3. The van der Waals surface area contributed by atoms with Crippen LogP contribution in [0.15, 0.2) is 64.2 Å². The summed E-state index contributed by atoms with van der Waals surface area (Å²) in [4.78, 5) is 29.8. The molecule has 2 heterocycles. The van der Waals surface area contributed by atoms with Gasteiger partial charge in [0.2, 0.25) is 5.91 Å². The molecule has 8 nitrogen and oxygen atoms in total. The summed E-state index contributed by atoms with van der Waals surface area (Å²) in [7, 11) is 0. The molecular formula is C25H29BrN6O2S. The van der Waals surface area contributed by atoms with Crippen LogP contribution >= 0.6 is 27.7 Å². The Labute approximate surface area is 218 Å². The minimum Gasteiger partial charge on any atom is -0.368 e. The maximum Gasteiger partial charge on any atom is 0.253 e. The second-order valence-corrected chi connectivity index (χ2v) is 10.0. The first-order valence-electron chi connectivity index (χ1n) is 11.7. The Morgan fingerprint density at radius 3 is 2.40 bits per heavy atom. The average Bonchev–Trinajstić information content (AvgIpc) is 3.31. The zero-order chi connectivity index (χ0) is 24.8. The molecule has 1 aliphatic rings. The molecule has 0 unspecified atom stereocenters. The predicted molar refractivity (Wildman–Crippen MR) is 142 cm³/mol. The zero-order valence-electron chi connectivity index (χ0n) is 19.9. The second-order valence-electron chi connectivity index (χ2n) is 8.25. The SMILES string of the molecule is CCn1c(SCC(=O)N2CCN(c3ccccc3)CC2)nnc1[C@H](C)NC(=O)c1ccccc1Br. The monoisotopic (exact) mass is 556 g/mol. The molecule has 2 amide bonds. The molecule has 1 aromatic heterocycles. The molecule has 35 heavy (non-hydrogen) atoms. The van der Waals surface area contributed by atoms with E-state index in [2.05, 4.69) is 48.5 Å². The maximum absolute atomic E-state index is 12.9. The van der Waals surface area contributed by atoms with Crippen molar-refractivity contribution in [3.63, 3.8) is 0 Å². The van der Waals surface area contributed by atoms with Crippen LogP contribution in [0.2, 0.25) is 0 Å². The standard InChI is InChI=1S/C25H29BrN6O2S/c1-3-32-23(18(2)27-24(34)20-11-7-8-12-21(20)26)28-29-25(32)35-17-22(33)31-15-13-30(14-16-31)19-9-5-4-6-10-19/h4-12,18H,3,13-17H2,1-2H3,(H,27,34)/t18-/m0/s1. The van der Waals surface area contributed by atoms with Gasteiger partial charge in [0.1, 0.15) is 0 Å². The van der Waals surface area contributed by atoms with Crippen LogP contribution in [0.3, 0.4) is 0 Å². The fraction of sp³-hybridized carbons (Fsp3) is 0.360. The fourth-order valence-corrected chi connectivity index (χ4v) is 5.46. The van der Waals surface area contributed by atoms with Crippen molar-refractivity contribution in [2.75, 3.05) is 36.8 Å². The predicted octanol–water partition coefficient (Wildman–Crippen LogP) is 3.99. The van der Waals surface area contributed by atoms with E-state index in [1.54, 1.807) is 6.07 Å². The molecule has 10 heteroatoms. The van der Waals surface area contributed by atoms with E-state index in [0.29, 0.717) is 41.9 Å². The molecular weight excluding hydrogens is 528 g/mol. The summed E-state index contributed by atoms with van der Waals surface area (Å²) in [5.74, 6) is 0.889. The highest BCUT2D eigenvalue weighted by Gasteiger charge is 2.24. The summed E-state index contributed by atoms with van der Waals surface area (Å²) in [5, 5.41) is 12.3. The molecule has 1 saturated heterocycles. The van der Waals surface area contributed by atoms with Gasteiger partial charge in [0.15, 0.2) is 11.0 Å². The van der Waals surface area contributed by atoms with Gasteiger partial charge in [-0.25, -0.2) is 0 Å². The summed E-state index contributed by atoms with van der Waals surface area (Å²) in [6.07, 6.45) is 0. The van der Waals surface area contributed by atoms with E-state index in [1.807, 2.05) is 59.7 Å². The van der Waals surface area contributed by atoms with Crippen LogP contribution in [-0.2, 0) is 11.3 Å². The Bertz CT molecular complexity index is 1160. The topological polar surface area (TPSA) is 83.4 Å². The number of hydrogen-bond acceptors (Lipinski definition) is 6. The number of benzene rings is 2. The second kappa shape index (κ2) is 11.7. The summed E-state index contributed by atoms with van der Waals surface area (Å²) in [6.45, 7) is 7.59. The van der Waals surface area contributed by atoms with Gasteiger partial charge in [-0.1, -0.05) is 42.1 Å². The molecule has 0 saturated carbocycles. The van der Waals surface area contributed by atoms with Crippen molar-refractivity contribution in [3.8, 4) is 0 Å². The van der Waals surface area contributed by atoms with Crippen LogP contribution < -0.4 is 10.2 Å². The lowest BCUT2D eigenvalue weighted by atomic mass is 10.2. The number of amides is 2. The number of carbonyl (C=O) groups excluding carboxylic acids is 2. The van der Waals surface area contributed by atoms with Crippen molar-refractivity contribution in [1.29, 1.82) is 0 Å². The highest BCUT2D eigenvalue weighted by Crippen LogP contribution is 2.23. The van der Waals surface area contributed by atoms with Crippen LogP contribution in [0.4, 0.5) is 5.69 Å². The number of aromatic nitrogens is 3. The summed E-state index contributed by atoms with van der Waals surface area (Å²) in [6, 6.07) is 17.2. The molecule has 1 fully saturated rings. The lowest BCUT2D eigenvalue weighted by Crippen LogP contribution is -2.49. The molecule has 1 aliphatic heterocycles. The Hall–Kier alpha value is -2.85. The van der Waals surface area contributed by atoms with E-state index < -0.39 is 0 Å². The minimum absolute atomic E-state index is 0.102. The molecule has 0 bridgehead atoms. The first-order chi connectivity index (χ1) is 17.0. The molecule has 0 spiro atoms. The van der Waals surface area contributed by atoms with Crippen LogP contribution in [0.5, 0.6) is 0 Å². The third-order valence-corrected chi connectivity index (χ3v) is 7.64. The van der Waals surface area contributed by atoms with Crippen LogP contribution in [0, 0.1) is 0 Å². The summed E-state index contributed by atoms with van der Waals surface area (Å²) in [5.41, 5.74) is 1.76. The van der Waals surface area contributed by atoms with Crippen LogP contribution in [0.25, 0.3) is 0 Å². The lowest BCUT2D eigenvalue weighted by Gasteiger charge is -2.36. The van der Waals surface area contributed by atoms with E-state index in [-0.39, 0.29) is 17.9 Å². The van der Waals surface area contributed by atoms with Crippen molar-refractivity contribution >= 4 is 45.2 Å². The normalized spacial score (nSPS) is 14.6. The number of thioether (sulfide) groups is 1. The average molecular weight is 558 g/mol. The molecule has 4 rings (SSSR count). The van der Waals surface area contributed by atoms with Gasteiger partial charge < -0.3 is 19.7 Å². The molecule has 184 valence electrons. The van der Waals surface area contributed by atoms with Gasteiger partial charge in [0.25, 0.3) is 5.91 Å². The van der Waals surface area contributed by atoms with E-state index in [1.165, 1.54) is 17.4 Å². The van der Waals surface area contributed by atoms with Gasteiger partial charge in [0, 0.05) is 42.9 Å². The summed E-state index contributed by atoms with van der Waals surface area (Å²) >= 11 is 4.81.